The summed E-state index contributed by atoms with van der Waals surface area (Å²) in [6, 6.07) is 0. The van der Waals surface area contributed by atoms with Crippen molar-refractivity contribution in [3.63, 3.8) is 0 Å². The Morgan fingerprint density at radius 1 is 1.21 bits per heavy atom. The van der Waals surface area contributed by atoms with Gasteiger partial charge in [0.05, 0.1) is 6.61 Å². The third kappa shape index (κ3) is 3.87. The van der Waals surface area contributed by atoms with Crippen molar-refractivity contribution >= 4 is 11.6 Å². The van der Waals surface area contributed by atoms with Gasteiger partial charge in [0.1, 0.15) is 5.56 Å². The highest BCUT2D eigenvalue weighted by molar-refractivity contribution is 6.17. The molecule has 0 aromatic carbocycles. The van der Waals surface area contributed by atoms with Gasteiger partial charge in [-0.25, -0.2) is 4.98 Å². The van der Waals surface area contributed by atoms with E-state index in [0.29, 0.717) is 6.20 Å². The van der Waals surface area contributed by atoms with Crippen molar-refractivity contribution in [2.24, 2.45) is 0 Å². The van der Waals surface area contributed by atoms with Crippen LogP contribution in [0.15, 0.2) is 6.20 Å². The van der Waals surface area contributed by atoms with E-state index in [-0.39, 0.29) is 5.56 Å². The van der Waals surface area contributed by atoms with Crippen molar-refractivity contribution in [1.82, 2.24) is 4.98 Å². The van der Waals surface area contributed by atoms with E-state index in [1.165, 1.54) is 0 Å². The van der Waals surface area contributed by atoms with Gasteiger partial charge >= 0.3 is 12.5 Å². The Hall–Kier alpha value is -1.22. The van der Waals surface area contributed by atoms with Crippen LogP contribution < -0.4 is 4.74 Å². The van der Waals surface area contributed by atoms with E-state index >= 15 is 0 Å². The molecule has 0 radical (unpaired) electrons. The van der Waals surface area contributed by atoms with E-state index in [1.807, 2.05) is 0 Å². The van der Waals surface area contributed by atoms with Crippen LogP contribution in [0.4, 0.5) is 26.3 Å². The first-order chi connectivity index (χ1) is 8.60. The molecule has 19 heavy (non-hydrogen) atoms. The van der Waals surface area contributed by atoms with Gasteiger partial charge in [0.25, 0.3) is 0 Å². The molecule has 0 fully saturated rings. The molecule has 0 aliphatic heterocycles. The van der Waals surface area contributed by atoms with E-state index in [1.54, 1.807) is 0 Å². The summed E-state index contributed by atoms with van der Waals surface area (Å²) in [6.45, 7) is -0.843. The van der Waals surface area contributed by atoms with E-state index in [0.717, 1.165) is 0 Å². The summed E-state index contributed by atoms with van der Waals surface area (Å²) in [5.41, 5.74) is -2.77. The van der Waals surface area contributed by atoms with E-state index in [4.69, 9.17) is 16.7 Å². The van der Waals surface area contributed by atoms with Crippen molar-refractivity contribution in [2.45, 2.75) is 25.0 Å². The van der Waals surface area contributed by atoms with Crippen molar-refractivity contribution in [2.75, 3.05) is 0 Å². The molecule has 3 nitrogen and oxygen atoms in total. The van der Waals surface area contributed by atoms with Gasteiger partial charge in [-0.3, -0.25) is 0 Å². The fourth-order valence-corrected chi connectivity index (χ4v) is 1.64. The quantitative estimate of drug-likeness (QED) is 0.688. The van der Waals surface area contributed by atoms with Crippen LogP contribution >= 0.6 is 11.6 Å². The number of hydrogen-bond donors (Lipinski definition) is 1. The Balaban J connectivity index is 3.48. The first-order valence-electron chi connectivity index (χ1n) is 4.60. The predicted molar refractivity (Wildman–Crippen MR) is 51.4 cm³/mol. The summed E-state index contributed by atoms with van der Waals surface area (Å²) < 4.78 is 77.6. The summed E-state index contributed by atoms with van der Waals surface area (Å²) >= 11 is 5.29. The Kier molecular flexibility index (Phi) is 4.51. The van der Waals surface area contributed by atoms with E-state index < -0.39 is 42.0 Å². The molecule has 1 rings (SSSR count). The van der Waals surface area contributed by atoms with E-state index in [9.17, 15) is 26.3 Å². The van der Waals surface area contributed by atoms with Crippen LogP contribution in [-0.2, 0) is 18.7 Å². The number of alkyl halides is 7. The Morgan fingerprint density at radius 2 is 1.79 bits per heavy atom. The fourth-order valence-electron chi connectivity index (χ4n) is 1.34. The average molecular weight is 310 g/mol. The second-order valence-electron chi connectivity index (χ2n) is 3.28. The summed E-state index contributed by atoms with van der Waals surface area (Å²) in [4.78, 5) is 2.93. The number of pyridine rings is 1. The lowest BCUT2D eigenvalue weighted by Gasteiger charge is -2.18. The number of aliphatic hydroxyl groups is 1. The summed E-state index contributed by atoms with van der Waals surface area (Å²) in [6.07, 6.45) is -9.83. The average Bonchev–Trinajstić information content (AvgIpc) is 2.24. The first-order valence-corrected chi connectivity index (χ1v) is 5.14. The van der Waals surface area contributed by atoms with Crippen molar-refractivity contribution in [3.8, 4) is 5.88 Å². The molecule has 0 saturated carbocycles. The summed E-state index contributed by atoms with van der Waals surface area (Å²) in [5, 5.41) is 8.83. The van der Waals surface area contributed by atoms with Gasteiger partial charge in [-0.05, 0) is 5.56 Å². The molecule has 0 aliphatic rings. The minimum Gasteiger partial charge on any atom is -0.392 e. The lowest BCUT2D eigenvalue weighted by atomic mass is 10.1. The van der Waals surface area contributed by atoms with Gasteiger partial charge < -0.3 is 9.84 Å². The maximum atomic E-state index is 12.8. The number of aromatic nitrogens is 1. The molecule has 0 bridgehead atoms. The highest BCUT2D eigenvalue weighted by Gasteiger charge is 2.42. The number of hydrogen-bond acceptors (Lipinski definition) is 3. The molecule has 0 saturated heterocycles. The highest BCUT2D eigenvalue weighted by Crippen LogP contribution is 2.41. The van der Waals surface area contributed by atoms with Gasteiger partial charge in [0, 0.05) is 17.6 Å². The standard InChI is InChI=1S/C9H6ClF6NO2/c10-1-5-4(3-18)2-17-7(19-9(14,15)16)6(5)8(11,12)13/h2,18H,1,3H2. The largest absolute Gasteiger partial charge is 0.574 e. The SMILES string of the molecule is OCc1cnc(OC(F)(F)F)c(C(F)(F)F)c1CCl. The maximum Gasteiger partial charge on any atom is 0.574 e. The zero-order valence-electron chi connectivity index (χ0n) is 8.94. The fraction of sp³-hybridized carbons (Fsp3) is 0.444. The third-order valence-electron chi connectivity index (χ3n) is 2.04. The smallest absolute Gasteiger partial charge is 0.392 e. The Morgan fingerprint density at radius 3 is 2.16 bits per heavy atom. The number of rotatable bonds is 3. The normalized spacial score (nSPS) is 12.6. The van der Waals surface area contributed by atoms with Gasteiger partial charge in [-0.1, -0.05) is 0 Å². The van der Waals surface area contributed by atoms with Gasteiger partial charge in [0.15, 0.2) is 0 Å². The number of halogens is 7. The molecule has 1 aromatic rings. The molecule has 0 unspecified atom stereocenters. The maximum absolute atomic E-state index is 12.8. The summed E-state index contributed by atoms with van der Waals surface area (Å²) in [7, 11) is 0. The summed E-state index contributed by atoms with van der Waals surface area (Å²) in [5.74, 6) is -2.39. The van der Waals surface area contributed by atoms with Crippen LogP contribution in [0.25, 0.3) is 0 Å². The lowest BCUT2D eigenvalue weighted by molar-refractivity contribution is -0.277. The van der Waals surface area contributed by atoms with Crippen molar-refractivity contribution in [1.29, 1.82) is 0 Å². The molecule has 0 amide bonds. The first kappa shape index (κ1) is 15.8. The van der Waals surface area contributed by atoms with Gasteiger partial charge in [-0.2, -0.15) is 13.2 Å². The molecule has 10 heteroatoms. The molecule has 0 atom stereocenters. The van der Waals surface area contributed by atoms with Crippen LogP contribution in [0.5, 0.6) is 5.88 Å². The lowest BCUT2D eigenvalue weighted by Crippen LogP contribution is -2.22. The molecule has 0 spiro atoms. The predicted octanol–water partition coefficient (Wildman–Crippen LogP) is 3.23. The second kappa shape index (κ2) is 5.41. The van der Waals surface area contributed by atoms with Gasteiger partial charge in [0.2, 0.25) is 5.88 Å². The molecule has 108 valence electrons. The van der Waals surface area contributed by atoms with Crippen LogP contribution in [0.3, 0.4) is 0 Å². The van der Waals surface area contributed by atoms with E-state index in [2.05, 4.69) is 9.72 Å². The number of aliphatic hydroxyl groups excluding tert-OH is 1. The zero-order valence-corrected chi connectivity index (χ0v) is 9.70. The molecule has 1 heterocycles. The number of ether oxygens (including phenoxy) is 1. The zero-order chi connectivity index (χ0) is 14.8. The monoisotopic (exact) mass is 309 g/mol. The molecule has 1 N–H and O–H groups in total. The van der Waals surface area contributed by atoms with Crippen LogP contribution in [0.2, 0.25) is 0 Å². The van der Waals surface area contributed by atoms with Crippen LogP contribution in [-0.4, -0.2) is 16.5 Å². The Bertz CT molecular complexity index is 459. The second-order valence-corrected chi connectivity index (χ2v) is 3.55. The molecular weight excluding hydrogens is 304 g/mol. The third-order valence-corrected chi connectivity index (χ3v) is 2.31. The van der Waals surface area contributed by atoms with Crippen molar-refractivity contribution < 1.29 is 36.2 Å². The molecule has 0 aliphatic carbocycles. The number of nitrogens with zero attached hydrogens (tertiary/aromatic N) is 1. The van der Waals surface area contributed by atoms with Crippen molar-refractivity contribution in [3.05, 3.63) is 22.9 Å². The van der Waals surface area contributed by atoms with Crippen LogP contribution in [0.1, 0.15) is 16.7 Å². The highest BCUT2D eigenvalue weighted by atomic mass is 35.5. The van der Waals surface area contributed by atoms with Crippen LogP contribution in [0, 0.1) is 0 Å². The minimum atomic E-state index is -5.32. The van der Waals surface area contributed by atoms with Gasteiger partial charge in [-0.15, -0.1) is 24.8 Å². The molecular formula is C9H6ClF6NO2. The topological polar surface area (TPSA) is 42.4 Å². The molecule has 1 aromatic heterocycles. The Labute approximate surface area is 107 Å². The minimum absolute atomic E-state index is 0.322.